The molecule has 0 fully saturated rings. The van der Waals surface area contributed by atoms with Gasteiger partial charge in [0.2, 0.25) is 0 Å². The maximum atomic E-state index is 11.7. The van der Waals surface area contributed by atoms with Crippen LogP contribution in [0.4, 0.5) is 11.4 Å². The lowest BCUT2D eigenvalue weighted by Gasteiger charge is -2.08. The minimum Gasteiger partial charge on any atom is -0.494 e. The highest BCUT2D eigenvalue weighted by Gasteiger charge is 2.15. The molecule has 98 valence electrons. The number of hydrogen-bond acceptors (Lipinski definition) is 7. The highest BCUT2D eigenvalue weighted by molar-refractivity contribution is 6.03. The fraction of sp³-hybridized carbons (Fsp3) is 0.100. The van der Waals surface area contributed by atoms with Crippen LogP contribution in [0.3, 0.4) is 0 Å². The van der Waals surface area contributed by atoms with E-state index in [2.05, 4.69) is 20.3 Å². The minimum atomic E-state index is -0.562. The Morgan fingerprint density at radius 1 is 1.53 bits per heavy atom. The summed E-state index contributed by atoms with van der Waals surface area (Å²) in [6.45, 7) is 0. The zero-order valence-electron chi connectivity index (χ0n) is 9.69. The van der Waals surface area contributed by atoms with Crippen LogP contribution >= 0.6 is 0 Å². The van der Waals surface area contributed by atoms with E-state index in [0.717, 1.165) is 6.20 Å². The summed E-state index contributed by atoms with van der Waals surface area (Å²) in [5.41, 5.74) is 0.124. The van der Waals surface area contributed by atoms with Crippen molar-refractivity contribution in [1.82, 2.24) is 10.3 Å². The fourth-order valence-electron chi connectivity index (χ4n) is 1.35. The van der Waals surface area contributed by atoms with Gasteiger partial charge in [-0.05, 0) is 11.2 Å². The van der Waals surface area contributed by atoms with Crippen molar-refractivity contribution in [1.29, 1.82) is 0 Å². The Morgan fingerprint density at radius 2 is 2.32 bits per heavy atom. The van der Waals surface area contributed by atoms with Gasteiger partial charge in [-0.15, -0.1) is 0 Å². The zero-order valence-corrected chi connectivity index (χ0v) is 9.69. The molecule has 0 aliphatic carbocycles. The third-order valence-corrected chi connectivity index (χ3v) is 2.24. The molecule has 1 aromatic carbocycles. The molecule has 1 heterocycles. The van der Waals surface area contributed by atoms with Gasteiger partial charge in [-0.25, -0.2) is 4.63 Å². The first-order valence-electron chi connectivity index (χ1n) is 5.03. The van der Waals surface area contributed by atoms with Crippen LogP contribution in [0.25, 0.3) is 0 Å². The Hall–Kier alpha value is -2.97. The second kappa shape index (κ2) is 5.12. The number of methoxy groups -OCH3 is 1. The van der Waals surface area contributed by atoms with Crippen LogP contribution in [0.1, 0.15) is 10.5 Å². The van der Waals surface area contributed by atoms with Gasteiger partial charge >= 0.3 is 0 Å². The normalized spacial score (nSPS) is 9.95. The lowest BCUT2D eigenvalue weighted by atomic mass is 10.2. The average Bonchev–Trinajstić information content (AvgIpc) is 2.92. The number of aromatic nitrogens is 2. The number of rotatable bonds is 4. The fourth-order valence-corrected chi connectivity index (χ4v) is 1.35. The Balaban J connectivity index is 2.25. The molecular weight excluding hydrogens is 256 g/mol. The number of ether oxygens (including phenoxy) is 1. The average molecular weight is 264 g/mol. The van der Waals surface area contributed by atoms with Crippen molar-refractivity contribution in [3.8, 4) is 5.75 Å². The van der Waals surface area contributed by atoms with E-state index in [-0.39, 0.29) is 22.8 Å². The van der Waals surface area contributed by atoms with Gasteiger partial charge in [0.1, 0.15) is 11.9 Å². The number of anilines is 1. The summed E-state index contributed by atoms with van der Waals surface area (Å²) in [4.78, 5) is 21.8. The number of nitro benzene ring substituents is 1. The molecule has 9 heteroatoms. The minimum absolute atomic E-state index is 0.0135. The number of nitrogens with one attached hydrogen (secondary N) is 1. The van der Waals surface area contributed by atoms with E-state index in [4.69, 9.17) is 4.74 Å². The van der Waals surface area contributed by atoms with Crippen molar-refractivity contribution in [3.05, 3.63) is 40.2 Å². The molecule has 2 rings (SSSR count). The number of nitro groups is 1. The molecule has 0 spiro atoms. The summed E-state index contributed by atoms with van der Waals surface area (Å²) in [6.07, 6.45) is 1.15. The van der Waals surface area contributed by atoms with E-state index in [1.807, 2.05) is 0 Å². The first kappa shape index (κ1) is 12.5. The van der Waals surface area contributed by atoms with Crippen LogP contribution in [0.5, 0.6) is 5.75 Å². The molecule has 0 unspecified atom stereocenters. The molecule has 0 atom stereocenters. The Bertz CT molecular complexity index is 610. The van der Waals surface area contributed by atoms with Crippen LogP contribution in [-0.4, -0.2) is 28.3 Å². The Labute approximate surface area is 106 Å². The zero-order chi connectivity index (χ0) is 13.8. The van der Waals surface area contributed by atoms with E-state index in [0.29, 0.717) is 0 Å². The van der Waals surface area contributed by atoms with Gasteiger partial charge in [0.15, 0.2) is 5.69 Å². The molecule has 0 saturated carbocycles. The van der Waals surface area contributed by atoms with Gasteiger partial charge in [0.25, 0.3) is 11.6 Å². The van der Waals surface area contributed by atoms with Gasteiger partial charge in [0, 0.05) is 6.07 Å². The van der Waals surface area contributed by atoms with Crippen molar-refractivity contribution in [2.24, 2.45) is 0 Å². The quantitative estimate of drug-likeness (QED) is 0.651. The van der Waals surface area contributed by atoms with E-state index in [1.54, 1.807) is 0 Å². The predicted octanol–water partition coefficient (Wildman–Crippen LogP) is 1.24. The van der Waals surface area contributed by atoms with Crippen molar-refractivity contribution in [3.63, 3.8) is 0 Å². The summed E-state index contributed by atoms with van der Waals surface area (Å²) in [7, 11) is 1.34. The van der Waals surface area contributed by atoms with Gasteiger partial charge in [-0.2, -0.15) is 0 Å². The predicted molar refractivity (Wildman–Crippen MR) is 61.9 cm³/mol. The Morgan fingerprint density at radius 3 is 2.89 bits per heavy atom. The molecule has 1 amide bonds. The summed E-state index contributed by atoms with van der Waals surface area (Å²) < 4.78 is 9.27. The van der Waals surface area contributed by atoms with Gasteiger partial charge in [-0.1, -0.05) is 5.16 Å². The Kier molecular flexibility index (Phi) is 3.37. The maximum Gasteiger partial charge on any atom is 0.279 e. The standard InChI is InChI=1S/C10H8N4O5/c1-18-9-4-6(14(16)17)2-3-7(9)12-10(15)8-5-11-19-13-8/h2-5H,1H3,(H,12,15). The van der Waals surface area contributed by atoms with Crippen molar-refractivity contribution in [2.75, 3.05) is 12.4 Å². The monoisotopic (exact) mass is 264 g/mol. The first-order chi connectivity index (χ1) is 9.11. The number of benzene rings is 1. The molecule has 0 aliphatic rings. The van der Waals surface area contributed by atoms with Crippen molar-refractivity contribution >= 4 is 17.3 Å². The second-order valence-electron chi connectivity index (χ2n) is 3.39. The lowest BCUT2D eigenvalue weighted by Crippen LogP contribution is -2.13. The molecule has 0 radical (unpaired) electrons. The smallest absolute Gasteiger partial charge is 0.279 e. The van der Waals surface area contributed by atoms with Crippen LogP contribution in [0.2, 0.25) is 0 Å². The van der Waals surface area contributed by atoms with E-state index < -0.39 is 10.8 Å². The molecule has 0 aliphatic heterocycles. The summed E-state index contributed by atoms with van der Waals surface area (Å²) in [6, 6.07) is 3.82. The number of non-ortho nitro benzene ring substituents is 1. The summed E-state index contributed by atoms with van der Waals surface area (Å²) in [5.74, 6) is -0.396. The second-order valence-corrected chi connectivity index (χ2v) is 3.39. The van der Waals surface area contributed by atoms with Gasteiger partial charge in [0.05, 0.1) is 23.8 Å². The molecule has 0 bridgehead atoms. The SMILES string of the molecule is COc1cc([N+](=O)[O-])ccc1NC(=O)c1cnon1. The van der Waals surface area contributed by atoms with Gasteiger partial charge in [-0.3, -0.25) is 14.9 Å². The number of carbonyl (C=O) groups is 1. The number of amides is 1. The van der Waals surface area contributed by atoms with Gasteiger partial charge < -0.3 is 10.1 Å². The molecule has 19 heavy (non-hydrogen) atoms. The molecule has 2 aromatic rings. The third-order valence-electron chi connectivity index (χ3n) is 2.24. The van der Waals surface area contributed by atoms with Crippen LogP contribution < -0.4 is 10.1 Å². The maximum absolute atomic E-state index is 11.7. The molecule has 0 saturated heterocycles. The number of nitrogens with zero attached hydrogens (tertiary/aromatic N) is 3. The molecular formula is C10H8N4O5. The van der Waals surface area contributed by atoms with E-state index >= 15 is 0 Å². The largest absolute Gasteiger partial charge is 0.494 e. The van der Waals surface area contributed by atoms with Crippen molar-refractivity contribution < 1.29 is 19.1 Å². The molecule has 1 N–H and O–H groups in total. The van der Waals surface area contributed by atoms with Crippen LogP contribution in [0, 0.1) is 10.1 Å². The highest BCUT2D eigenvalue weighted by Crippen LogP contribution is 2.29. The van der Waals surface area contributed by atoms with Crippen LogP contribution in [-0.2, 0) is 0 Å². The van der Waals surface area contributed by atoms with E-state index in [1.165, 1.54) is 25.3 Å². The highest BCUT2D eigenvalue weighted by atomic mass is 16.6. The third kappa shape index (κ3) is 2.65. The van der Waals surface area contributed by atoms with E-state index in [9.17, 15) is 14.9 Å². The molecule has 9 nitrogen and oxygen atoms in total. The molecule has 1 aromatic heterocycles. The van der Waals surface area contributed by atoms with Crippen molar-refractivity contribution in [2.45, 2.75) is 0 Å². The lowest BCUT2D eigenvalue weighted by molar-refractivity contribution is -0.384. The number of carbonyl (C=O) groups excluding carboxylic acids is 1. The topological polar surface area (TPSA) is 120 Å². The van der Waals surface area contributed by atoms with Crippen LogP contribution in [0.15, 0.2) is 29.0 Å². The summed E-state index contributed by atoms with van der Waals surface area (Å²) >= 11 is 0. The number of hydrogen-bond donors (Lipinski definition) is 1. The first-order valence-corrected chi connectivity index (χ1v) is 5.03. The summed E-state index contributed by atoms with van der Waals surface area (Å²) in [5, 5.41) is 19.8.